The standard InChI is InChI=1S/C22H26F3N5O3/c1-4-29(13-22(23,24)25)18-7-6-14(12-27-18)20-28-16-10-15(21(32)26-3)11-17(31)19(16)30(20)8-9-33-5-2/h6-7,10-12,31H,4-5,8-9,13H2,1-3H3,(H,26,32). The Morgan fingerprint density at radius 2 is 2.03 bits per heavy atom. The molecule has 1 amide bonds. The number of carbonyl (C=O) groups excluding carboxylic acids is 1. The van der Waals surface area contributed by atoms with Crippen LogP contribution in [0.2, 0.25) is 0 Å². The Hall–Kier alpha value is -3.34. The molecule has 0 saturated carbocycles. The van der Waals surface area contributed by atoms with Crippen molar-refractivity contribution in [3.8, 4) is 17.1 Å². The Morgan fingerprint density at radius 1 is 1.27 bits per heavy atom. The molecular formula is C22H26F3N5O3. The van der Waals surface area contributed by atoms with Crippen LogP contribution in [0.3, 0.4) is 0 Å². The first-order chi connectivity index (χ1) is 15.7. The van der Waals surface area contributed by atoms with Gasteiger partial charge in [-0.15, -0.1) is 0 Å². The normalized spacial score (nSPS) is 11.7. The summed E-state index contributed by atoms with van der Waals surface area (Å²) in [5.41, 5.74) is 1.63. The number of ether oxygens (including phenoxy) is 1. The van der Waals surface area contributed by atoms with Crippen molar-refractivity contribution in [3.05, 3.63) is 36.0 Å². The number of halogens is 3. The van der Waals surface area contributed by atoms with E-state index < -0.39 is 12.7 Å². The number of amides is 1. The smallest absolute Gasteiger partial charge is 0.405 e. The summed E-state index contributed by atoms with van der Waals surface area (Å²) in [6, 6.07) is 6.07. The van der Waals surface area contributed by atoms with Crippen LogP contribution in [0.4, 0.5) is 19.0 Å². The summed E-state index contributed by atoms with van der Waals surface area (Å²) in [4.78, 5) is 22.0. The highest BCUT2D eigenvalue weighted by molar-refractivity contribution is 5.99. The summed E-state index contributed by atoms with van der Waals surface area (Å²) in [6.45, 7) is 3.77. The second-order valence-electron chi connectivity index (χ2n) is 7.26. The van der Waals surface area contributed by atoms with Crippen molar-refractivity contribution in [2.24, 2.45) is 0 Å². The van der Waals surface area contributed by atoms with Gasteiger partial charge in [0.15, 0.2) is 0 Å². The van der Waals surface area contributed by atoms with Gasteiger partial charge in [0.05, 0.1) is 12.1 Å². The van der Waals surface area contributed by atoms with Crippen LogP contribution in [0.1, 0.15) is 24.2 Å². The van der Waals surface area contributed by atoms with Gasteiger partial charge in [-0.1, -0.05) is 0 Å². The molecule has 2 heterocycles. The lowest BCUT2D eigenvalue weighted by atomic mass is 10.1. The Labute approximate surface area is 189 Å². The lowest BCUT2D eigenvalue weighted by Crippen LogP contribution is -2.34. The predicted molar refractivity (Wildman–Crippen MR) is 118 cm³/mol. The van der Waals surface area contributed by atoms with Crippen molar-refractivity contribution >= 4 is 22.8 Å². The first kappa shape index (κ1) is 24.3. The fraction of sp³-hybridized carbons (Fsp3) is 0.409. The Morgan fingerprint density at radius 3 is 2.61 bits per heavy atom. The quantitative estimate of drug-likeness (QED) is 0.470. The number of aromatic nitrogens is 3. The topological polar surface area (TPSA) is 92.5 Å². The summed E-state index contributed by atoms with van der Waals surface area (Å²) in [5, 5.41) is 13.1. The number of pyridine rings is 1. The third kappa shape index (κ3) is 5.54. The van der Waals surface area contributed by atoms with E-state index in [1.165, 1.54) is 25.4 Å². The maximum atomic E-state index is 12.8. The Bertz CT molecular complexity index is 1110. The van der Waals surface area contributed by atoms with Crippen LogP contribution in [-0.4, -0.2) is 65.1 Å². The lowest BCUT2D eigenvalue weighted by molar-refractivity contribution is -0.119. The predicted octanol–water partition coefficient (Wildman–Crippen LogP) is 3.59. The highest BCUT2D eigenvalue weighted by atomic mass is 19.4. The Kier molecular flexibility index (Phi) is 7.42. The highest BCUT2D eigenvalue weighted by Crippen LogP contribution is 2.32. The minimum atomic E-state index is -4.34. The molecule has 11 heteroatoms. The number of imidazole rings is 1. The molecule has 0 aliphatic carbocycles. The number of rotatable bonds is 9. The van der Waals surface area contributed by atoms with Gasteiger partial charge in [-0.2, -0.15) is 13.2 Å². The molecule has 33 heavy (non-hydrogen) atoms. The van der Waals surface area contributed by atoms with Crippen LogP contribution < -0.4 is 10.2 Å². The molecule has 2 N–H and O–H groups in total. The molecule has 0 unspecified atom stereocenters. The summed E-state index contributed by atoms with van der Waals surface area (Å²) < 4.78 is 45.7. The van der Waals surface area contributed by atoms with E-state index in [9.17, 15) is 23.1 Å². The lowest BCUT2D eigenvalue weighted by Gasteiger charge is -2.23. The average molecular weight is 465 g/mol. The maximum Gasteiger partial charge on any atom is 0.405 e. The molecule has 1 aromatic carbocycles. The molecule has 0 radical (unpaired) electrons. The molecule has 0 saturated heterocycles. The minimum absolute atomic E-state index is 0.117. The summed E-state index contributed by atoms with van der Waals surface area (Å²) in [5.74, 6) is 0.161. The molecule has 2 aromatic heterocycles. The number of phenolic OH excluding ortho intramolecular Hbond substituents is 1. The number of anilines is 1. The van der Waals surface area contributed by atoms with E-state index in [1.54, 1.807) is 23.6 Å². The average Bonchev–Trinajstić information content (AvgIpc) is 3.15. The van der Waals surface area contributed by atoms with Gasteiger partial charge in [-0.3, -0.25) is 4.79 Å². The second-order valence-corrected chi connectivity index (χ2v) is 7.26. The summed E-state index contributed by atoms with van der Waals surface area (Å²) >= 11 is 0. The first-order valence-corrected chi connectivity index (χ1v) is 10.5. The summed E-state index contributed by atoms with van der Waals surface area (Å²) in [6.07, 6.45) is -2.90. The summed E-state index contributed by atoms with van der Waals surface area (Å²) in [7, 11) is 1.49. The SMILES string of the molecule is CCOCCn1c(-c2ccc(N(CC)CC(F)(F)F)nc2)nc2cc(C(=O)NC)cc(O)c21. The van der Waals surface area contributed by atoms with Crippen molar-refractivity contribution < 1.29 is 27.8 Å². The van der Waals surface area contributed by atoms with Crippen molar-refractivity contribution in [1.29, 1.82) is 0 Å². The number of alkyl halides is 3. The number of fused-ring (bicyclic) bond motifs is 1. The van der Waals surface area contributed by atoms with E-state index in [0.717, 1.165) is 4.90 Å². The van der Waals surface area contributed by atoms with E-state index >= 15 is 0 Å². The van der Waals surface area contributed by atoms with Crippen molar-refractivity contribution in [3.63, 3.8) is 0 Å². The number of carbonyl (C=O) groups is 1. The molecule has 0 spiro atoms. The first-order valence-electron chi connectivity index (χ1n) is 10.5. The second kappa shape index (κ2) is 10.1. The van der Waals surface area contributed by atoms with Gasteiger partial charge < -0.3 is 24.6 Å². The Balaban J connectivity index is 2.05. The number of nitrogens with zero attached hydrogens (tertiary/aromatic N) is 4. The molecule has 178 valence electrons. The van der Waals surface area contributed by atoms with E-state index in [1.807, 2.05) is 6.92 Å². The zero-order valence-corrected chi connectivity index (χ0v) is 18.6. The van der Waals surface area contributed by atoms with E-state index in [2.05, 4.69) is 15.3 Å². The van der Waals surface area contributed by atoms with Gasteiger partial charge >= 0.3 is 6.18 Å². The van der Waals surface area contributed by atoms with Crippen molar-refractivity contribution in [2.75, 3.05) is 38.3 Å². The molecule has 8 nitrogen and oxygen atoms in total. The van der Waals surface area contributed by atoms with Gasteiger partial charge in [0.25, 0.3) is 5.91 Å². The fourth-order valence-corrected chi connectivity index (χ4v) is 3.54. The number of phenols is 1. The van der Waals surface area contributed by atoms with Crippen molar-refractivity contribution in [1.82, 2.24) is 19.9 Å². The van der Waals surface area contributed by atoms with Crippen molar-refractivity contribution in [2.45, 2.75) is 26.6 Å². The number of aromatic hydroxyl groups is 1. The number of benzene rings is 1. The zero-order chi connectivity index (χ0) is 24.2. The molecular weight excluding hydrogens is 439 g/mol. The van der Waals surface area contributed by atoms with Gasteiger partial charge in [-0.05, 0) is 38.1 Å². The van der Waals surface area contributed by atoms with E-state index in [0.29, 0.717) is 42.2 Å². The van der Waals surface area contributed by atoms with Crippen LogP contribution in [0, 0.1) is 0 Å². The number of hydrogen-bond donors (Lipinski definition) is 2. The van der Waals surface area contributed by atoms with Crippen LogP contribution >= 0.6 is 0 Å². The molecule has 0 aliphatic heterocycles. The maximum absolute atomic E-state index is 12.8. The largest absolute Gasteiger partial charge is 0.506 e. The third-order valence-corrected chi connectivity index (χ3v) is 5.06. The van der Waals surface area contributed by atoms with Gasteiger partial charge in [0, 0.05) is 44.1 Å². The van der Waals surface area contributed by atoms with Crippen LogP contribution in [-0.2, 0) is 11.3 Å². The molecule has 0 fully saturated rings. The number of nitrogens with one attached hydrogen (secondary N) is 1. The molecule has 0 atom stereocenters. The molecule has 3 aromatic rings. The van der Waals surface area contributed by atoms with Crippen LogP contribution in [0.15, 0.2) is 30.5 Å². The molecule has 3 rings (SSSR count). The van der Waals surface area contributed by atoms with Crippen LogP contribution in [0.25, 0.3) is 22.4 Å². The number of hydrogen-bond acceptors (Lipinski definition) is 6. The molecule has 0 bridgehead atoms. The highest BCUT2D eigenvalue weighted by Gasteiger charge is 2.30. The van der Waals surface area contributed by atoms with E-state index in [-0.39, 0.29) is 29.6 Å². The van der Waals surface area contributed by atoms with Crippen LogP contribution in [0.5, 0.6) is 5.75 Å². The monoisotopic (exact) mass is 465 g/mol. The van der Waals surface area contributed by atoms with Gasteiger partial charge in [-0.25, -0.2) is 9.97 Å². The van der Waals surface area contributed by atoms with Gasteiger partial charge in [0.1, 0.15) is 29.5 Å². The molecule has 0 aliphatic rings. The fourth-order valence-electron chi connectivity index (χ4n) is 3.54. The zero-order valence-electron chi connectivity index (χ0n) is 18.6. The van der Waals surface area contributed by atoms with Gasteiger partial charge in [0.2, 0.25) is 0 Å². The minimum Gasteiger partial charge on any atom is -0.506 e. The third-order valence-electron chi connectivity index (χ3n) is 5.06. The van der Waals surface area contributed by atoms with E-state index in [4.69, 9.17) is 4.74 Å².